The zero-order valence-corrected chi connectivity index (χ0v) is 17.8. The highest BCUT2D eigenvalue weighted by atomic mass is 35.5. The number of hydrogen-bond acceptors (Lipinski definition) is 5. The molecule has 2 amide bonds. The molecule has 1 saturated carbocycles. The first-order valence-corrected chi connectivity index (χ1v) is 10.5. The van der Waals surface area contributed by atoms with Gasteiger partial charge in [-0.3, -0.25) is 14.3 Å². The fourth-order valence-corrected chi connectivity index (χ4v) is 3.61. The van der Waals surface area contributed by atoms with Gasteiger partial charge < -0.3 is 19.7 Å². The SMILES string of the molecule is O=C(COc1ccc(Cl)c(F)c1)N[C@@H]1CCN(CCOC2CC(OC(F)(F)F)C2)C(=O)C1. The number of carbonyl (C=O) groups excluding carboxylic acids is 2. The highest BCUT2D eigenvalue weighted by Gasteiger charge is 2.40. The summed E-state index contributed by atoms with van der Waals surface area (Å²) in [6.07, 6.45) is -4.81. The number of likely N-dealkylation sites (tertiary alicyclic amines) is 1. The number of hydrogen-bond donors (Lipinski definition) is 1. The predicted octanol–water partition coefficient (Wildman–Crippen LogP) is 3.05. The van der Waals surface area contributed by atoms with Crippen LogP contribution in [0, 0.1) is 5.82 Å². The monoisotopic (exact) mass is 482 g/mol. The van der Waals surface area contributed by atoms with Crippen molar-refractivity contribution < 1.29 is 41.4 Å². The van der Waals surface area contributed by atoms with Crippen LogP contribution in [-0.4, -0.2) is 67.6 Å². The number of benzene rings is 1. The summed E-state index contributed by atoms with van der Waals surface area (Å²) < 4.78 is 64.3. The van der Waals surface area contributed by atoms with Gasteiger partial charge in [-0.25, -0.2) is 4.39 Å². The van der Waals surface area contributed by atoms with Crippen molar-refractivity contribution in [3.8, 4) is 5.75 Å². The van der Waals surface area contributed by atoms with Crippen LogP contribution in [-0.2, 0) is 19.1 Å². The molecule has 1 aromatic carbocycles. The molecule has 7 nitrogen and oxygen atoms in total. The van der Waals surface area contributed by atoms with Crippen LogP contribution in [0.4, 0.5) is 17.6 Å². The van der Waals surface area contributed by atoms with E-state index in [1.165, 1.54) is 12.1 Å². The van der Waals surface area contributed by atoms with E-state index in [4.69, 9.17) is 21.1 Å². The second kappa shape index (κ2) is 10.7. The van der Waals surface area contributed by atoms with Crippen molar-refractivity contribution in [3.05, 3.63) is 29.0 Å². The lowest BCUT2D eigenvalue weighted by Crippen LogP contribution is -2.49. The third-order valence-electron chi connectivity index (χ3n) is 5.21. The lowest BCUT2D eigenvalue weighted by molar-refractivity contribution is -0.357. The van der Waals surface area contributed by atoms with Crippen LogP contribution in [0.3, 0.4) is 0 Å². The molecule has 2 fully saturated rings. The Morgan fingerprint density at radius 1 is 1.25 bits per heavy atom. The average Bonchev–Trinajstić information content (AvgIpc) is 2.67. The van der Waals surface area contributed by atoms with Gasteiger partial charge in [0.2, 0.25) is 5.91 Å². The van der Waals surface area contributed by atoms with Gasteiger partial charge in [0, 0.05) is 44.5 Å². The van der Waals surface area contributed by atoms with Crippen molar-refractivity contribution in [2.24, 2.45) is 0 Å². The van der Waals surface area contributed by atoms with Gasteiger partial charge in [-0.2, -0.15) is 0 Å². The molecule has 1 N–H and O–H groups in total. The maximum atomic E-state index is 13.4. The molecule has 0 bridgehead atoms. The largest absolute Gasteiger partial charge is 0.522 e. The molecule has 32 heavy (non-hydrogen) atoms. The van der Waals surface area contributed by atoms with E-state index < -0.39 is 24.2 Å². The quantitative estimate of drug-likeness (QED) is 0.547. The van der Waals surface area contributed by atoms with Crippen LogP contribution < -0.4 is 10.1 Å². The molecule has 1 atom stereocenters. The zero-order valence-electron chi connectivity index (χ0n) is 17.0. The summed E-state index contributed by atoms with van der Waals surface area (Å²) in [5, 5.41) is 2.66. The number of alkyl halides is 3. The van der Waals surface area contributed by atoms with Crippen LogP contribution in [0.15, 0.2) is 18.2 Å². The van der Waals surface area contributed by atoms with Crippen molar-refractivity contribution in [3.63, 3.8) is 0 Å². The van der Waals surface area contributed by atoms with Crippen LogP contribution in [0.25, 0.3) is 0 Å². The van der Waals surface area contributed by atoms with Crippen molar-refractivity contribution in [2.75, 3.05) is 26.3 Å². The summed E-state index contributed by atoms with van der Waals surface area (Å²) in [5.41, 5.74) is 0. The highest BCUT2D eigenvalue weighted by molar-refractivity contribution is 6.30. The Labute approximate surface area is 186 Å². The molecule has 1 aromatic rings. The van der Waals surface area contributed by atoms with Crippen LogP contribution in [0.1, 0.15) is 25.7 Å². The third kappa shape index (κ3) is 7.49. The molecule has 1 aliphatic heterocycles. The minimum absolute atomic E-state index is 0.0511. The molecule has 2 aliphatic rings. The fraction of sp³-hybridized carbons (Fsp3) is 0.600. The molecule has 0 unspecified atom stereocenters. The van der Waals surface area contributed by atoms with Crippen molar-refractivity contribution in [1.82, 2.24) is 10.2 Å². The van der Waals surface area contributed by atoms with E-state index in [0.29, 0.717) is 19.5 Å². The van der Waals surface area contributed by atoms with Crippen LogP contribution >= 0.6 is 11.6 Å². The van der Waals surface area contributed by atoms with Crippen LogP contribution in [0.5, 0.6) is 5.75 Å². The fourth-order valence-electron chi connectivity index (χ4n) is 3.49. The average molecular weight is 483 g/mol. The lowest BCUT2D eigenvalue weighted by Gasteiger charge is -2.36. The smallest absolute Gasteiger partial charge is 0.484 e. The Morgan fingerprint density at radius 3 is 2.66 bits per heavy atom. The van der Waals surface area contributed by atoms with Crippen molar-refractivity contribution >= 4 is 23.4 Å². The minimum Gasteiger partial charge on any atom is -0.484 e. The molecule has 3 rings (SSSR count). The summed E-state index contributed by atoms with van der Waals surface area (Å²) in [6, 6.07) is 3.49. The molecular weight excluding hydrogens is 460 g/mol. The molecule has 0 spiro atoms. The van der Waals surface area contributed by atoms with E-state index in [1.54, 1.807) is 4.90 Å². The number of ether oxygens (including phenoxy) is 3. The van der Waals surface area contributed by atoms with Gasteiger partial charge in [-0.05, 0) is 18.6 Å². The minimum atomic E-state index is -4.64. The maximum absolute atomic E-state index is 13.4. The molecule has 178 valence electrons. The molecular formula is C20H23ClF4N2O5. The topological polar surface area (TPSA) is 77.1 Å². The summed E-state index contributed by atoms with van der Waals surface area (Å²) in [6.45, 7) is 0.633. The van der Waals surface area contributed by atoms with Gasteiger partial charge >= 0.3 is 6.36 Å². The number of nitrogens with one attached hydrogen (secondary N) is 1. The summed E-state index contributed by atoms with van der Waals surface area (Å²) in [7, 11) is 0. The first kappa shape index (κ1) is 24.5. The molecule has 1 heterocycles. The van der Waals surface area contributed by atoms with Crippen molar-refractivity contribution in [2.45, 2.75) is 50.3 Å². The first-order valence-electron chi connectivity index (χ1n) is 10.1. The van der Waals surface area contributed by atoms with Gasteiger partial charge in [0.25, 0.3) is 5.91 Å². The Hall–Kier alpha value is -2.11. The van der Waals surface area contributed by atoms with Crippen molar-refractivity contribution in [1.29, 1.82) is 0 Å². The number of carbonyl (C=O) groups is 2. The van der Waals surface area contributed by atoms with E-state index in [2.05, 4.69) is 10.1 Å². The van der Waals surface area contributed by atoms with Gasteiger partial charge in [0.05, 0.1) is 23.8 Å². The Morgan fingerprint density at radius 2 is 2.00 bits per heavy atom. The second-order valence-electron chi connectivity index (χ2n) is 7.65. The Bertz CT molecular complexity index is 820. The van der Waals surface area contributed by atoms with E-state index in [1.807, 2.05) is 0 Å². The molecule has 1 aliphatic carbocycles. The number of halogens is 5. The van der Waals surface area contributed by atoms with E-state index in [9.17, 15) is 27.2 Å². The maximum Gasteiger partial charge on any atom is 0.522 e. The van der Waals surface area contributed by atoms with Gasteiger partial charge in [-0.15, -0.1) is 13.2 Å². The van der Waals surface area contributed by atoms with E-state index in [-0.39, 0.29) is 61.3 Å². The highest BCUT2D eigenvalue weighted by Crippen LogP contribution is 2.32. The van der Waals surface area contributed by atoms with Gasteiger partial charge in [-0.1, -0.05) is 11.6 Å². The summed E-state index contributed by atoms with van der Waals surface area (Å²) >= 11 is 5.59. The first-order chi connectivity index (χ1) is 15.1. The predicted molar refractivity (Wildman–Crippen MR) is 105 cm³/mol. The Balaban J connectivity index is 1.29. The molecule has 0 radical (unpaired) electrons. The molecule has 0 aromatic heterocycles. The zero-order chi connectivity index (χ0) is 23.3. The van der Waals surface area contributed by atoms with Gasteiger partial charge in [0.15, 0.2) is 6.61 Å². The lowest BCUT2D eigenvalue weighted by atomic mass is 9.92. The number of nitrogens with zero attached hydrogens (tertiary/aromatic N) is 1. The van der Waals surface area contributed by atoms with E-state index >= 15 is 0 Å². The third-order valence-corrected chi connectivity index (χ3v) is 5.52. The summed E-state index contributed by atoms with van der Waals surface area (Å²) in [5.74, 6) is -1.08. The second-order valence-corrected chi connectivity index (χ2v) is 8.06. The normalized spacial score (nSPS) is 23.6. The Kier molecular flexibility index (Phi) is 8.18. The van der Waals surface area contributed by atoms with Gasteiger partial charge in [0.1, 0.15) is 11.6 Å². The molecule has 1 saturated heterocycles. The molecule has 12 heteroatoms. The standard InChI is InChI=1S/C20H23ClF4N2O5/c21-16-2-1-13(10-17(16)22)31-11-18(28)26-12-3-4-27(19(29)7-12)5-6-30-14-8-15(9-14)32-20(23,24)25/h1-2,10,12,14-15H,3-9,11H2,(H,26,28)/t12-,14?,15?/m1/s1. The number of amides is 2. The van der Waals surface area contributed by atoms with E-state index in [0.717, 1.165) is 6.07 Å². The van der Waals surface area contributed by atoms with Crippen LogP contribution in [0.2, 0.25) is 5.02 Å². The number of rotatable bonds is 9. The number of piperidine rings is 1. The summed E-state index contributed by atoms with van der Waals surface area (Å²) in [4.78, 5) is 25.9.